The zero-order chi connectivity index (χ0) is 17.9. The maximum atomic E-state index is 9.50. The summed E-state index contributed by atoms with van der Waals surface area (Å²) in [6, 6.07) is 8.54. The molecule has 3 heterocycles. The van der Waals surface area contributed by atoms with Crippen LogP contribution in [-0.4, -0.2) is 38.4 Å². The number of benzene rings is 1. The maximum Gasteiger partial charge on any atom is 0.231 e. The van der Waals surface area contributed by atoms with E-state index < -0.39 is 0 Å². The summed E-state index contributed by atoms with van der Waals surface area (Å²) in [6.07, 6.45) is 7.40. The number of H-pyrrole nitrogens is 2. The summed E-state index contributed by atoms with van der Waals surface area (Å²) in [5, 5.41) is 15.9. The van der Waals surface area contributed by atoms with E-state index in [0.717, 1.165) is 33.4 Å². The Bertz CT molecular complexity index is 1020. The molecule has 0 bridgehead atoms. The van der Waals surface area contributed by atoms with Gasteiger partial charge in [-0.3, -0.25) is 9.49 Å². The van der Waals surface area contributed by atoms with E-state index in [4.69, 9.17) is 0 Å². The predicted octanol–water partition coefficient (Wildman–Crippen LogP) is 4.13. The quantitative estimate of drug-likeness (QED) is 0.443. The standard InChI is InChI=1S/C17H17N7.CH3F/c1-2-11(3-1)20-16-13-6-7-18-15(13)22-17(23-16)21-12-4-5-14-10(8-12)9-19-24-14;1-2/h4-9,11H,1-3H2,(H,19,24)(H3,18,20,21,22,23);1H3. The maximum absolute atomic E-state index is 9.50. The molecule has 8 heteroatoms. The van der Waals surface area contributed by atoms with Gasteiger partial charge in [0.05, 0.1) is 24.3 Å². The van der Waals surface area contributed by atoms with E-state index in [1.807, 2.05) is 30.5 Å². The van der Waals surface area contributed by atoms with Gasteiger partial charge in [0.25, 0.3) is 0 Å². The van der Waals surface area contributed by atoms with Gasteiger partial charge in [-0.1, -0.05) is 0 Å². The number of rotatable bonds is 4. The average molecular weight is 353 g/mol. The van der Waals surface area contributed by atoms with Gasteiger partial charge in [-0.15, -0.1) is 0 Å². The summed E-state index contributed by atoms with van der Waals surface area (Å²) in [7, 11) is 0.500. The summed E-state index contributed by atoms with van der Waals surface area (Å²) in [4.78, 5) is 12.4. The molecule has 0 amide bonds. The van der Waals surface area contributed by atoms with Crippen LogP contribution in [0.2, 0.25) is 0 Å². The van der Waals surface area contributed by atoms with Gasteiger partial charge in [0.15, 0.2) is 0 Å². The van der Waals surface area contributed by atoms with Crippen molar-refractivity contribution >= 4 is 39.4 Å². The van der Waals surface area contributed by atoms with Crippen molar-refractivity contribution in [2.75, 3.05) is 17.8 Å². The lowest BCUT2D eigenvalue weighted by Gasteiger charge is -2.27. The highest BCUT2D eigenvalue weighted by Gasteiger charge is 2.19. The van der Waals surface area contributed by atoms with Crippen molar-refractivity contribution in [2.45, 2.75) is 25.3 Å². The minimum Gasteiger partial charge on any atom is -0.367 e. The Morgan fingerprint density at radius 2 is 2.04 bits per heavy atom. The van der Waals surface area contributed by atoms with Crippen LogP contribution in [-0.2, 0) is 0 Å². The van der Waals surface area contributed by atoms with E-state index in [1.165, 1.54) is 19.3 Å². The third kappa shape index (κ3) is 3.05. The molecule has 0 aliphatic heterocycles. The van der Waals surface area contributed by atoms with Gasteiger partial charge in [-0.2, -0.15) is 15.1 Å². The number of halogens is 1. The zero-order valence-corrected chi connectivity index (χ0v) is 14.4. The molecule has 0 atom stereocenters. The summed E-state index contributed by atoms with van der Waals surface area (Å²) in [5.74, 6) is 1.47. The number of nitrogens with zero attached hydrogens (tertiary/aromatic N) is 3. The van der Waals surface area contributed by atoms with Crippen molar-refractivity contribution in [3.05, 3.63) is 36.7 Å². The number of hydrogen-bond donors (Lipinski definition) is 4. The van der Waals surface area contributed by atoms with Crippen LogP contribution in [0.5, 0.6) is 0 Å². The highest BCUT2D eigenvalue weighted by molar-refractivity contribution is 5.89. The van der Waals surface area contributed by atoms with Gasteiger partial charge in [-0.25, -0.2) is 0 Å². The van der Waals surface area contributed by atoms with Crippen molar-refractivity contribution in [3.8, 4) is 0 Å². The van der Waals surface area contributed by atoms with Crippen LogP contribution in [0, 0.1) is 0 Å². The fraction of sp³-hybridized carbons (Fsp3) is 0.278. The molecule has 1 fully saturated rings. The van der Waals surface area contributed by atoms with Gasteiger partial charge in [0.2, 0.25) is 5.95 Å². The van der Waals surface area contributed by atoms with Crippen LogP contribution in [0.15, 0.2) is 36.7 Å². The Labute approximate surface area is 149 Å². The van der Waals surface area contributed by atoms with E-state index in [9.17, 15) is 4.39 Å². The predicted molar refractivity (Wildman–Crippen MR) is 102 cm³/mol. The van der Waals surface area contributed by atoms with Gasteiger partial charge in [0.1, 0.15) is 11.5 Å². The molecule has 1 saturated carbocycles. The molecular formula is C18H20FN7. The topological polar surface area (TPSA) is 94.3 Å². The molecule has 7 nitrogen and oxygen atoms in total. The molecule has 26 heavy (non-hydrogen) atoms. The third-order valence-corrected chi connectivity index (χ3v) is 4.56. The van der Waals surface area contributed by atoms with Gasteiger partial charge >= 0.3 is 0 Å². The number of hydrogen-bond acceptors (Lipinski definition) is 5. The van der Waals surface area contributed by atoms with E-state index in [-0.39, 0.29) is 0 Å². The molecule has 1 aliphatic carbocycles. The Hall–Kier alpha value is -3.16. The molecule has 3 aromatic heterocycles. The van der Waals surface area contributed by atoms with Gasteiger partial charge in [0, 0.05) is 23.3 Å². The summed E-state index contributed by atoms with van der Waals surface area (Å²) in [6.45, 7) is 0. The second kappa shape index (κ2) is 6.99. The molecule has 0 unspecified atom stereocenters. The number of fused-ring (bicyclic) bond motifs is 2. The van der Waals surface area contributed by atoms with E-state index >= 15 is 0 Å². The lowest BCUT2D eigenvalue weighted by atomic mass is 9.93. The van der Waals surface area contributed by atoms with E-state index in [2.05, 4.69) is 35.8 Å². The fourth-order valence-electron chi connectivity index (χ4n) is 3.00. The van der Waals surface area contributed by atoms with E-state index in [1.54, 1.807) is 6.20 Å². The average Bonchev–Trinajstić information content (AvgIpc) is 3.28. The zero-order valence-electron chi connectivity index (χ0n) is 14.4. The first kappa shape index (κ1) is 16.3. The molecule has 4 N–H and O–H groups in total. The number of nitrogens with one attached hydrogen (secondary N) is 4. The Morgan fingerprint density at radius 3 is 2.85 bits per heavy atom. The molecular weight excluding hydrogens is 333 g/mol. The van der Waals surface area contributed by atoms with Crippen LogP contribution in [0.3, 0.4) is 0 Å². The minimum atomic E-state index is 0.500. The van der Waals surface area contributed by atoms with Crippen molar-refractivity contribution in [1.82, 2.24) is 25.1 Å². The number of aromatic nitrogens is 5. The second-order valence-corrected chi connectivity index (χ2v) is 6.20. The highest BCUT2D eigenvalue weighted by Crippen LogP contribution is 2.28. The third-order valence-electron chi connectivity index (χ3n) is 4.56. The molecule has 1 aliphatic rings. The molecule has 0 spiro atoms. The SMILES string of the molecule is CF.c1cc2c(NC3CCC3)nc(Nc3ccc4[nH]ncc4c3)nc2[nH]1. The Kier molecular flexibility index (Phi) is 4.39. The molecule has 4 aromatic rings. The summed E-state index contributed by atoms with van der Waals surface area (Å²) in [5.41, 5.74) is 2.77. The molecule has 0 radical (unpaired) electrons. The minimum absolute atomic E-state index is 0.500. The lowest BCUT2D eigenvalue weighted by Crippen LogP contribution is -2.27. The fourth-order valence-corrected chi connectivity index (χ4v) is 3.00. The first-order valence-electron chi connectivity index (χ1n) is 8.55. The first-order valence-corrected chi connectivity index (χ1v) is 8.55. The second-order valence-electron chi connectivity index (χ2n) is 6.20. The van der Waals surface area contributed by atoms with Crippen LogP contribution in [0.25, 0.3) is 21.9 Å². The molecule has 5 rings (SSSR count). The largest absolute Gasteiger partial charge is 0.367 e. The van der Waals surface area contributed by atoms with Gasteiger partial charge < -0.3 is 15.6 Å². The van der Waals surface area contributed by atoms with E-state index in [0.29, 0.717) is 19.2 Å². The number of anilines is 3. The number of alkyl halides is 1. The van der Waals surface area contributed by atoms with Crippen molar-refractivity contribution in [2.24, 2.45) is 0 Å². The lowest BCUT2D eigenvalue weighted by molar-refractivity contribution is 0.445. The Morgan fingerprint density at radius 1 is 1.15 bits per heavy atom. The number of aromatic amines is 2. The smallest absolute Gasteiger partial charge is 0.231 e. The van der Waals surface area contributed by atoms with Crippen molar-refractivity contribution in [3.63, 3.8) is 0 Å². The van der Waals surface area contributed by atoms with Crippen molar-refractivity contribution < 1.29 is 4.39 Å². The van der Waals surface area contributed by atoms with Crippen LogP contribution in [0.4, 0.5) is 21.8 Å². The van der Waals surface area contributed by atoms with Gasteiger partial charge in [-0.05, 0) is 43.5 Å². The van der Waals surface area contributed by atoms with Crippen LogP contribution >= 0.6 is 0 Å². The monoisotopic (exact) mass is 353 g/mol. The van der Waals surface area contributed by atoms with Crippen LogP contribution in [0.1, 0.15) is 19.3 Å². The summed E-state index contributed by atoms with van der Waals surface area (Å²) < 4.78 is 9.50. The summed E-state index contributed by atoms with van der Waals surface area (Å²) >= 11 is 0. The van der Waals surface area contributed by atoms with Crippen LogP contribution < -0.4 is 10.6 Å². The molecule has 1 aromatic carbocycles. The molecule has 0 saturated heterocycles. The molecule has 134 valence electrons. The first-order chi connectivity index (χ1) is 12.8. The Balaban J connectivity index is 0.000000814. The highest BCUT2D eigenvalue weighted by atomic mass is 19.1. The normalized spacial score (nSPS) is 13.9. The van der Waals surface area contributed by atoms with Crippen molar-refractivity contribution in [1.29, 1.82) is 0 Å².